The van der Waals surface area contributed by atoms with Crippen molar-refractivity contribution in [1.82, 2.24) is 9.80 Å². The summed E-state index contributed by atoms with van der Waals surface area (Å²) in [6.07, 6.45) is 3.92. The van der Waals surface area contributed by atoms with Crippen LogP contribution in [0.5, 0.6) is 0 Å². The summed E-state index contributed by atoms with van der Waals surface area (Å²) in [4.78, 5) is 27.6. The number of amides is 2. The Labute approximate surface area is 118 Å². The number of rotatable bonds is 2. The molecule has 1 saturated heterocycles. The van der Waals surface area contributed by atoms with Gasteiger partial charge in [0.05, 0.1) is 5.88 Å². The largest absolute Gasteiger partial charge is 0.341 e. The summed E-state index contributed by atoms with van der Waals surface area (Å²) >= 11 is 1.65. The third kappa shape index (κ3) is 3.23. The zero-order valence-electron chi connectivity index (χ0n) is 11.7. The van der Waals surface area contributed by atoms with Gasteiger partial charge < -0.3 is 15.5 Å². The molecule has 2 aliphatic rings. The SMILES string of the molecule is CC(=O)N1CSC[C@@H]1C(=O)N(C)C1CCC(N)CC1. The molecule has 2 fully saturated rings. The lowest BCUT2D eigenvalue weighted by Crippen LogP contribution is -2.51. The maximum Gasteiger partial charge on any atom is 0.246 e. The monoisotopic (exact) mass is 285 g/mol. The summed E-state index contributed by atoms with van der Waals surface area (Å²) in [7, 11) is 1.87. The second kappa shape index (κ2) is 6.13. The van der Waals surface area contributed by atoms with Crippen molar-refractivity contribution >= 4 is 23.6 Å². The predicted octanol–water partition coefficient (Wildman–Crippen LogP) is 0.636. The standard InChI is InChI=1S/C13H23N3O2S/c1-9(17)16-8-19-7-12(16)13(18)15(2)11-5-3-10(14)4-6-11/h10-12H,3-8,14H2,1-2H3/t10?,11?,12-/m1/s1. The highest BCUT2D eigenvalue weighted by molar-refractivity contribution is 7.99. The van der Waals surface area contributed by atoms with Gasteiger partial charge in [0.1, 0.15) is 6.04 Å². The fraction of sp³-hybridized carbons (Fsp3) is 0.846. The molecular weight excluding hydrogens is 262 g/mol. The minimum absolute atomic E-state index is 0.0117. The first-order valence-electron chi connectivity index (χ1n) is 6.88. The van der Waals surface area contributed by atoms with Gasteiger partial charge in [-0.05, 0) is 25.7 Å². The van der Waals surface area contributed by atoms with E-state index in [0.29, 0.717) is 5.88 Å². The van der Waals surface area contributed by atoms with Gasteiger partial charge in [-0.25, -0.2) is 0 Å². The Hall–Kier alpha value is -0.750. The zero-order chi connectivity index (χ0) is 14.0. The van der Waals surface area contributed by atoms with Gasteiger partial charge in [0.15, 0.2) is 0 Å². The molecule has 0 aromatic carbocycles. The summed E-state index contributed by atoms with van der Waals surface area (Å²) in [6, 6.07) is 0.297. The van der Waals surface area contributed by atoms with Crippen LogP contribution in [0.4, 0.5) is 0 Å². The van der Waals surface area contributed by atoms with E-state index in [0.717, 1.165) is 31.4 Å². The minimum Gasteiger partial charge on any atom is -0.341 e. The van der Waals surface area contributed by atoms with Gasteiger partial charge >= 0.3 is 0 Å². The lowest BCUT2D eigenvalue weighted by atomic mass is 9.90. The van der Waals surface area contributed by atoms with Crippen molar-refractivity contribution in [3.63, 3.8) is 0 Å². The Bertz CT molecular complexity index is 356. The summed E-state index contributed by atoms with van der Waals surface area (Å²) in [5, 5.41) is 0. The highest BCUT2D eigenvalue weighted by Gasteiger charge is 2.37. The molecular formula is C13H23N3O2S. The van der Waals surface area contributed by atoms with Crippen LogP contribution in [0.1, 0.15) is 32.6 Å². The van der Waals surface area contributed by atoms with E-state index in [-0.39, 0.29) is 29.9 Å². The Balaban J connectivity index is 1.96. The van der Waals surface area contributed by atoms with E-state index in [9.17, 15) is 9.59 Å². The van der Waals surface area contributed by atoms with Crippen LogP contribution in [-0.4, -0.2) is 58.4 Å². The minimum atomic E-state index is -0.275. The van der Waals surface area contributed by atoms with Gasteiger partial charge in [-0.1, -0.05) is 0 Å². The van der Waals surface area contributed by atoms with E-state index in [1.54, 1.807) is 16.7 Å². The Morgan fingerprint density at radius 3 is 2.47 bits per heavy atom. The molecule has 2 N–H and O–H groups in total. The summed E-state index contributed by atoms with van der Waals surface area (Å²) in [5.74, 6) is 1.42. The van der Waals surface area contributed by atoms with Gasteiger partial charge in [0.2, 0.25) is 11.8 Å². The van der Waals surface area contributed by atoms with Crippen LogP contribution in [0.2, 0.25) is 0 Å². The Kier molecular flexibility index (Phi) is 4.73. The summed E-state index contributed by atoms with van der Waals surface area (Å²) in [5.41, 5.74) is 5.90. The van der Waals surface area contributed by atoms with Crippen LogP contribution in [-0.2, 0) is 9.59 Å². The molecule has 0 spiro atoms. The van der Waals surface area contributed by atoms with E-state index in [1.807, 2.05) is 11.9 Å². The molecule has 0 radical (unpaired) electrons. The first-order valence-corrected chi connectivity index (χ1v) is 8.03. The van der Waals surface area contributed by atoms with Crippen LogP contribution in [0, 0.1) is 0 Å². The molecule has 1 aliphatic heterocycles. The summed E-state index contributed by atoms with van der Waals surface area (Å²) in [6.45, 7) is 1.53. The molecule has 0 unspecified atom stereocenters. The van der Waals surface area contributed by atoms with E-state index in [4.69, 9.17) is 5.73 Å². The molecule has 0 bridgehead atoms. The average Bonchev–Trinajstić information content (AvgIpc) is 2.87. The van der Waals surface area contributed by atoms with Crippen molar-refractivity contribution in [2.45, 2.75) is 50.7 Å². The molecule has 19 heavy (non-hydrogen) atoms. The quantitative estimate of drug-likeness (QED) is 0.808. The molecule has 1 atom stereocenters. The number of nitrogens with two attached hydrogens (primary N) is 1. The number of thioether (sulfide) groups is 1. The van der Waals surface area contributed by atoms with Crippen molar-refractivity contribution in [3.8, 4) is 0 Å². The van der Waals surface area contributed by atoms with Crippen molar-refractivity contribution in [1.29, 1.82) is 0 Å². The van der Waals surface area contributed by atoms with Crippen LogP contribution in [0.3, 0.4) is 0 Å². The predicted molar refractivity (Wildman–Crippen MR) is 76.6 cm³/mol. The van der Waals surface area contributed by atoms with Gasteiger partial charge in [-0.15, -0.1) is 11.8 Å². The normalized spacial score (nSPS) is 31.3. The first-order chi connectivity index (χ1) is 9.00. The number of nitrogens with zero attached hydrogens (tertiary/aromatic N) is 2. The first kappa shape index (κ1) is 14.7. The highest BCUT2D eigenvalue weighted by atomic mass is 32.2. The summed E-state index contributed by atoms with van der Waals surface area (Å²) < 4.78 is 0. The van der Waals surface area contributed by atoms with Crippen molar-refractivity contribution in [2.75, 3.05) is 18.7 Å². The zero-order valence-corrected chi connectivity index (χ0v) is 12.5. The second-order valence-corrected chi connectivity index (χ2v) is 6.52. The second-order valence-electron chi connectivity index (χ2n) is 5.52. The Morgan fingerprint density at radius 1 is 1.26 bits per heavy atom. The lowest BCUT2D eigenvalue weighted by molar-refractivity contribution is -0.143. The molecule has 108 valence electrons. The van der Waals surface area contributed by atoms with Gasteiger partial charge in [0, 0.05) is 31.8 Å². The van der Waals surface area contributed by atoms with Gasteiger partial charge in [-0.3, -0.25) is 9.59 Å². The number of carbonyl (C=O) groups excluding carboxylic acids is 2. The van der Waals surface area contributed by atoms with E-state index in [2.05, 4.69) is 0 Å². The molecule has 1 heterocycles. The maximum atomic E-state index is 12.5. The molecule has 6 heteroatoms. The third-order valence-electron chi connectivity index (χ3n) is 4.21. The van der Waals surface area contributed by atoms with Crippen molar-refractivity contribution in [2.24, 2.45) is 5.73 Å². The number of carbonyl (C=O) groups is 2. The topological polar surface area (TPSA) is 66.6 Å². The molecule has 1 aliphatic carbocycles. The maximum absolute atomic E-state index is 12.5. The van der Waals surface area contributed by atoms with Crippen molar-refractivity contribution < 1.29 is 9.59 Å². The average molecular weight is 285 g/mol. The molecule has 2 rings (SSSR count). The smallest absolute Gasteiger partial charge is 0.246 e. The van der Waals surface area contributed by atoms with Crippen molar-refractivity contribution in [3.05, 3.63) is 0 Å². The van der Waals surface area contributed by atoms with E-state index in [1.165, 1.54) is 6.92 Å². The Morgan fingerprint density at radius 2 is 1.89 bits per heavy atom. The number of hydrogen-bond donors (Lipinski definition) is 1. The fourth-order valence-electron chi connectivity index (χ4n) is 2.86. The van der Waals surface area contributed by atoms with Crippen LogP contribution in [0.25, 0.3) is 0 Å². The number of likely N-dealkylation sites (N-methyl/N-ethyl adjacent to an activating group) is 1. The van der Waals surface area contributed by atoms with Crippen LogP contribution < -0.4 is 5.73 Å². The van der Waals surface area contributed by atoms with E-state index < -0.39 is 0 Å². The molecule has 0 aromatic rings. The van der Waals surface area contributed by atoms with Gasteiger partial charge in [0.25, 0.3) is 0 Å². The molecule has 5 nitrogen and oxygen atoms in total. The van der Waals surface area contributed by atoms with E-state index >= 15 is 0 Å². The molecule has 1 saturated carbocycles. The highest BCUT2D eigenvalue weighted by Crippen LogP contribution is 2.26. The van der Waals surface area contributed by atoms with Crippen LogP contribution in [0.15, 0.2) is 0 Å². The van der Waals surface area contributed by atoms with Crippen LogP contribution >= 0.6 is 11.8 Å². The lowest BCUT2D eigenvalue weighted by Gasteiger charge is -2.36. The van der Waals surface area contributed by atoms with Gasteiger partial charge in [-0.2, -0.15) is 0 Å². The molecule has 2 amide bonds. The third-order valence-corrected chi connectivity index (χ3v) is 5.22. The molecule has 0 aromatic heterocycles. The fourth-order valence-corrected chi connectivity index (χ4v) is 4.07. The number of hydrogen-bond acceptors (Lipinski definition) is 4.